The molecule has 1 atom stereocenters. The van der Waals surface area contributed by atoms with Gasteiger partial charge in [0.2, 0.25) is 11.8 Å². The third-order valence-corrected chi connectivity index (χ3v) is 3.40. The quantitative estimate of drug-likeness (QED) is 0.801. The average Bonchev–Trinajstić information content (AvgIpc) is 2.98. The minimum Gasteiger partial charge on any atom is -0.424 e. The molecule has 1 fully saturated rings. The number of rotatable bonds is 7. The van der Waals surface area contributed by atoms with Crippen LogP contribution in [0.5, 0.6) is 0 Å². The molecule has 0 bridgehead atoms. The van der Waals surface area contributed by atoms with Crippen LogP contribution >= 0.6 is 0 Å². The summed E-state index contributed by atoms with van der Waals surface area (Å²) in [7, 11) is 0. The van der Waals surface area contributed by atoms with E-state index in [4.69, 9.17) is 4.42 Å². The number of aryl methyl sites for hydroxylation is 1. The SMILES string of the molecule is CCCCN(Cc1nnc(C)o1)CC1CCCN1. The molecule has 0 saturated carbocycles. The van der Waals surface area contributed by atoms with Gasteiger partial charge in [-0.15, -0.1) is 10.2 Å². The normalized spacial score (nSPS) is 19.8. The molecule has 5 nitrogen and oxygen atoms in total. The number of nitrogens with zero attached hydrogens (tertiary/aromatic N) is 3. The summed E-state index contributed by atoms with van der Waals surface area (Å²) in [6, 6.07) is 0.630. The standard InChI is InChI=1S/C13H24N4O/c1-3-4-8-17(9-12-6-5-7-14-12)10-13-16-15-11(2)18-13/h12,14H,3-10H2,1-2H3. The zero-order valence-corrected chi connectivity index (χ0v) is 11.5. The van der Waals surface area contributed by atoms with Gasteiger partial charge in [-0.1, -0.05) is 13.3 Å². The molecule has 1 N–H and O–H groups in total. The van der Waals surface area contributed by atoms with Crippen LogP contribution in [-0.2, 0) is 6.54 Å². The molecule has 0 amide bonds. The van der Waals surface area contributed by atoms with Gasteiger partial charge in [-0.05, 0) is 32.4 Å². The Morgan fingerprint density at radius 2 is 2.33 bits per heavy atom. The smallest absolute Gasteiger partial charge is 0.230 e. The Labute approximate surface area is 109 Å². The molecular weight excluding hydrogens is 228 g/mol. The Bertz CT molecular complexity index is 347. The highest BCUT2D eigenvalue weighted by Gasteiger charge is 2.19. The molecule has 18 heavy (non-hydrogen) atoms. The molecular formula is C13H24N4O. The molecule has 2 heterocycles. The van der Waals surface area contributed by atoms with E-state index in [1.54, 1.807) is 0 Å². The minimum atomic E-state index is 0.630. The molecule has 0 radical (unpaired) electrons. The lowest BCUT2D eigenvalue weighted by Crippen LogP contribution is -2.37. The van der Waals surface area contributed by atoms with Crippen molar-refractivity contribution in [2.75, 3.05) is 19.6 Å². The van der Waals surface area contributed by atoms with E-state index >= 15 is 0 Å². The van der Waals surface area contributed by atoms with E-state index in [-0.39, 0.29) is 0 Å². The maximum Gasteiger partial charge on any atom is 0.230 e. The van der Waals surface area contributed by atoms with Crippen molar-refractivity contribution in [1.82, 2.24) is 20.4 Å². The molecule has 1 saturated heterocycles. The molecule has 5 heteroatoms. The van der Waals surface area contributed by atoms with Crippen molar-refractivity contribution in [3.05, 3.63) is 11.8 Å². The van der Waals surface area contributed by atoms with Crippen molar-refractivity contribution in [1.29, 1.82) is 0 Å². The summed E-state index contributed by atoms with van der Waals surface area (Å²) in [4.78, 5) is 2.43. The molecule has 1 aromatic heterocycles. The second-order valence-corrected chi connectivity index (χ2v) is 5.10. The summed E-state index contributed by atoms with van der Waals surface area (Å²) >= 11 is 0. The number of unbranched alkanes of at least 4 members (excludes halogenated alkanes) is 1. The zero-order valence-electron chi connectivity index (χ0n) is 11.5. The highest BCUT2D eigenvalue weighted by molar-refractivity contribution is 4.83. The van der Waals surface area contributed by atoms with Crippen molar-refractivity contribution in [2.24, 2.45) is 0 Å². The van der Waals surface area contributed by atoms with Gasteiger partial charge >= 0.3 is 0 Å². The van der Waals surface area contributed by atoms with Crippen LogP contribution in [0.4, 0.5) is 0 Å². The van der Waals surface area contributed by atoms with E-state index in [2.05, 4.69) is 27.3 Å². The highest BCUT2D eigenvalue weighted by Crippen LogP contribution is 2.11. The monoisotopic (exact) mass is 252 g/mol. The summed E-state index contributed by atoms with van der Waals surface area (Å²) in [6.07, 6.45) is 5.02. The van der Waals surface area contributed by atoms with Crippen molar-refractivity contribution >= 4 is 0 Å². The van der Waals surface area contributed by atoms with E-state index in [1.807, 2.05) is 6.92 Å². The molecule has 0 aromatic carbocycles. The molecule has 1 unspecified atom stereocenters. The lowest BCUT2D eigenvalue weighted by molar-refractivity contribution is 0.215. The molecule has 102 valence electrons. The van der Waals surface area contributed by atoms with Crippen LogP contribution in [-0.4, -0.2) is 40.8 Å². The first-order valence-corrected chi connectivity index (χ1v) is 7.02. The fourth-order valence-corrected chi connectivity index (χ4v) is 2.43. The Balaban J connectivity index is 1.86. The largest absolute Gasteiger partial charge is 0.424 e. The molecule has 1 aliphatic rings. The molecule has 0 spiro atoms. The minimum absolute atomic E-state index is 0.630. The third kappa shape index (κ3) is 4.07. The zero-order chi connectivity index (χ0) is 12.8. The summed E-state index contributed by atoms with van der Waals surface area (Å²) in [6.45, 7) is 8.19. The lowest BCUT2D eigenvalue weighted by atomic mass is 10.2. The number of aromatic nitrogens is 2. The van der Waals surface area contributed by atoms with Crippen LogP contribution < -0.4 is 5.32 Å². The summed E-state index contributed by atoms with van der Waals surface area (Å²) in [5.74, 6) is 1.39. The van der Waals surface area contributed by atoms with Crippen LogP contribution in [0.2, 0.25) is 0 Å². The summed E-state index contributed by atoms with van der Waals surface area (Å²) in [5.41, 5.74) is 0. The van der Waals surface area contributed by atoms with Gasteiger partial charge in [-0.3, -0.25) is 4.90 Å². The van der Waals surface area contributed by atoms with E-state index in [9.17, 15) is 0 Å². The third-order valence-electron chi connectivity index (χ3n) is 3.40. The van der Waals surface area contributed by atoms with Crippen LogP contribution in [0.25, 0.3) is 0 Å². The van der Waals surface area contributed by atoms with E-state index in [1.165, 1.54) is 25.7 Å². The fourth-order valence-electron chi connectivity index (χ4n) is 2.43. The van der Waals surface area contributed by atoms with Gasteiger partial charge in [0, 0.05) is 19.5 Å². The molecule has 1 aliphatic heterocycles. The molecule has 1 aromatic rings. The lowest BCUT2D eigenvalue weighted by Gasteiger charge is -2.24. The number of hydrogen-bond acceptors (Lipinski definition) is 5. The van der Waals surface area contributed by atoms with Gasteiger partial charge in [0.15, 0.2) is 0 Å². The van der Waals surface area contributed by atoms with Crippen molar-refractivity contribution in [3.8, 4) is 0 Å². The van der Waals surface area contributed by atoms with E-state index in [0.29, 0.717) is 11.9 Å². The Hall–Kier alpha value is -0.940. The van der Waals surface area contributed by atoms with Gasteiger partial charge in [0.1, 0.15) is 0 Å². The Morgan fingerprint density at radius 1 is 1.44 bits per heavy atom. The topological polar surface area (TPSA) is 54.2 Å². The van der Waals surface area contributed by atoms with Crippen LogP contribution in [0.3, 0.4) is 0 Å². The van der Waals surface area contributed by atoms with E-state index < -0.39 is 0 Å². The first kappa shape index (κ1) is 13.5. The Kier molecular flexibility index (Phi) is 5.13. The number of hydrogen-bond donors (Lipinski definition) is 1. The first-order valence-electron chi connectivity index (χ1n) is 7.02. The van der Waals surface area contributed by atoms with E-state index in [0.717, 1.165) is 32.1 Å². The van der Waals surface area contributed by atoms with Gasteiger partial charge < -0.3 is 9.73 Å². The second-order valence-electron chi connectivity index (χ2n) is 5.10. The second kappa shape index (κ2) is 6.85. The molecule has 2 rings (SSSR count). The predicted octanol–water partition coefficient (Wildman–Crippen LogP) is 1.73. The average molecular weight is 252 g/mol. The van der Waals surface area contributed by atoms with Crippen molar-refractivity contribution in [2.45, 2.75) is 52.1 Å². The van der Waals surface area contributed by atoms with Gasteiger partial charge in [0.25, 0.3) is 0 Å². The van der Waals surface area contributed by atoms with Crippen LogP contribution in [0.1, 0.15) is 44.4 Å². The van der Waals surface area contributed by atoms with Gasteiger partial charge in [-0.25, -0.2) is 0 Å². The van der Waals surface area contributed by atoms with Gasteiger partial charge in [-0.2, -0.15) is 0 Å². The summed E-state index contributed by atoms with van der Waals surface area (Å²) in [5, 5.41) is 11.5. The van der Waals surface area contributed by atoms with Gasteiger partial charge in [0.05, 0.1) is 6.54 Å². The molecule has 0 aliphatic carbocycles. The van der Waals surface area contributed by atoms with Crippen molar-refractivity contribution < 1.29 is 4.42 Å². The van der Waals surface area contributed by atoms with Crippen molar-refractivity contribution in [3.63, 3.8) is 0 Å². The predicted molar refractivity (Wildman–Crippen MR) is 70.2 cm³/mol. The highest BCUT2D eigenvalue weighted by atomic mass is 16.4. The maximum absolute atomic E-state index is 5.47. The fraction of sp³-hybridized carbons (Fsp3) is 0.846. The Morgan fingerprint density at radius 3 is 2.94 bits per heavy atom. The van der Waals surface area contributed by atoms with Crippen LogP contribution in [0.15, 0.2) is 4.42 Å². The summed E-state index contributed by atoms with van der Waals surface area (Å²) < 4.78 is 5.47. The maximum atomic E-state index is 5.47. The van der Waals surface area contributed by atoms with Crippen LogP contribution in [0, 0.1) is 6.92 Å². The first-order chi connectivity index (χ1) is 8.78. The number of nitrogens with one attached hydrogen (secondary N) is 1.